The number of ether oxygens (including phenoxy) is 1. The minimum absolute atomic E-state index is 0.0321. The van der Waals surface area contributed by atoms with Crippen LogP contribution < -0.4 is 5.32 Å². The van der Waals surface area contributed by atoms with E-state index in [2.05, 4.69) is 42.3 Å². The lowest BCUT2D eigenvalue weighted by molar-refractivity contribution is -0.167. The summed E-state index contributed by atoms with van der Waals surface area (Å²) < 4.78 is 32.9. The Hall–Kier alpha value is -2.01. The number of sulfonamides is 1. The van der Waals surface area contributed by atoms with E-state index in [-0.39, 0.29) is 25.6 Å². The molecule has 2 amide bonds. The summed E-state index contributed by atoms with van der Waals surface area (Å²) in [7, 11) is -3.63. The van der Waals surface area contributed by atoms with Gasteiger partial charge in [-0.2, -0.15) is 4.31 Å². The second kappa shape index (κ2) is 9.56. The molecule has 1 aromatic rings. The van der Waals surface area contributed by atoms with Gasteiger partial charge in [0.25, 0.3) is 5.91 Å². The van der Waals surface area contributed by atoms with Gasteiger partial charge in [0.05, 0.1) is 24.3 Å². The molecule has 3 heterocycles. The van der Waals surface area contributed by atoms with Gasteiger partial charge in [-0.15, -0.1) is 0 Å². The van der Waals surface area contributed by atoms with Crippen molar-refractivity contribution < 1.29 is 22.7 Å². The van der Waals surface area contributed by atoms with E-state index in [9.17, 15) is 18.0 Å². The highest BCUT2D eigenvalue weighted by molar-refractivity contribution is 7.89. The summed E-state index contributed by atoms with van der Waals surface area (Å²) in [5.74, 6) is -1.45. The van der Waals surface area contributed by atoms with Gasteiger partial charge < -0.3 is 15.0 Å². The van der Waals surface area contributed by atoms with Gasteiger partial charge in [0.1, 0.15) is 0 Å². The fourth-order valence-electron chi connectivity index (χ4n) is 5.05. The van der Waals surface area contributed by atoms with Crippen molar-refractivity contribution in [3.63, 3.8) is 0 Å². The normalized spacial score (nSPS) is 26.9. The SMILES string of the molecule is Cc1ccc(CN2CCN(C(=O)C3CN(S(=O)(=O)C(C)C)CC34OCCNC4=O)CC2)cc1C. The molecule has 0 radical (unpaired) electrons. The topological polar surface area (TPSA) is 99.3 Å². The highest BCUT2D eigenvalue weighted by Gasteiger charge is 2.60. The molecule has 0 saturated carbocycles. The molecule has 0 aromatic heterocycles. The van der Waals surface area contributed by atoms with Crippen LogP contribution in [0.2, 0.25) is 0 Å². The second-order valence-corrected chi connectivity index (χ2v) is 12.4. The van der Waals surface area contributed by atoms with Crippen molar-refractivity contribution in [1.82, 2.24) is 19.4 Å². The van der Waals surface area contributed by atoms with Gasteiger partial charge in [-0.1, -0.05) is 18.2 Å². The van der Waals surface area contributed by atoms with E-state index in [1.54, 1.807) is 18.7 Å². The van der Waals surface area contributed by atoms with Crippen LogP contribution in [0.25, 0.3) is 0 Å². The first-order valence-electron chi connectivity index (χ1n) is 12.0. The molecule has 2 atom stereocenters. The third-order valence-electron chi connectivity index (χ3n) is 7.41. The van der Waals surface area contributed by atoms with E-state index < -0.39 is 32.7 Å². The van der Waals surface area contributed by atoms with Gasteiger partial charge in [-0.3, -0.25) is 14.5 Å². The maximum atomic E-state index is 13.6. The monoisotopic (exact) mass is 492 g/mol. The highest BCUT2D eigenvalue weighted by atomic mass is 32.2. The minimum atomic E-state index is -3.63. The average Bonchev–Trinajstić information content (AvgIpc) is 3.19. The standard InChI is InChI=1S/C24H36N4O5S/c1-17(2)34(31,32)28-15-21(24(16-28)23(30)25-7-12-33-24)22(29)27-10-8-26(9-11-27)14-20-6-5-18(3)19(4)13-20/h5-6,13,17,21H,7-12,14-16H2,1-4H3,(H,25,30). The van der Waals surface area contributed by atoms with E-state index in [1.807, 2.05) is 0 Å². The number of amides is 2. The van der Waals surface area contributed by atoms with Gasteiger partial charge in [0.15, 0.2) is 5.60 Å². The summed E-state index contributed by atoms with van der Waals surface area (Å²) >= 11 is 0. The van der Waals surface area contributed by atoms with E-state index in [1.165, 1.54) is 21.0 Å². The van der Waals surface area contributed by atoms with Crippen LogP contribution >= 0.6 is 0 Å². The smallest absolute Gasteiger partial charge is 0.254 e. The Kier molecular flexibility index (Phi) is 7.06. The van der Waals surface area contributed by atoms with Gasteiger partial charge in [-0.05, 0) is 44.4 Å². The lowest BCUT2D eigenvalue weighted by Gasteiger charge is -2.40. The number of hydrogen-bond acceptors (Lipinski definition) is 6. The number of hydrogen-bond donors (Lipinski definition) is 1. The van der Waals surface area contributed by atoms with Crippen molar-refractivity contribution in [1.29, 1.82) is 0 Å². The summed E-state index contributed by atoms with van der Waals surface area (Å²) in [6.07, 6.45) is 0. The number of nitrogens with one attached hydrogen (secondary N) is 1. The first-order valence-corrected chi connectivity index (χ1v) is 13.5. The van der Waals surface area contributed by atoms with E-state index in [0.29, 0.717) is 19.6 Å². The first kappa shape index (κ1) is 25.1. The maximum absolute atomic E-state index is 13.6. The average molecular weight is 493 g/mol. The maximum Gasteiger partial charge on any atom is 0.254 e. The van der Waals surface area contributed by atoms with Crippen molar-refractivity contribution in [2.24, 2.45) is 5.92 Å². The number of nitrogens with zero attached hydrogens (tertiary/aromatic N) is 3. The lowest BCUT2D eigenvalue weighted by Crippen LogP contribution is -2.63. The molecule has 2 unspecified atom stereocenters. The van der Waals surface area contributed by atoms with Crippen molar-refractivity contribution in [2.75, 3.05) is 52.4 Å². The summed E-state index contributed by atoms with van der Waals surface area (Å²) in [5, 5.41) is 2.14. The third-order valence-corrected chi connectivity index (χ3v) is 9.60. The fraction of sp³-hybridized carbons (Fsp3) is 0.667. The molecule has 4 rings (SSSR count). The summed E-state index contributed by atoms with van der Waals surface area (Å²) in [4.78, 5) is 30.6. The molecule has 1 N–H and O–H groups in total. The van der Waals surface area contributed by atoms with E-state index in [4.69, 9.17) is 4.74 Å². The van der Waals surface area contributed by atoms with Crippen molar-refractivity contribution >= 4 is 21.8 Å². The molecule has 1 aromatic carbocycles. The molecule has 3 fully saturated rings. The Morgan fingerprint density at radius 1 is 1.18 bits per heavy atom. The van der Waals surface area contributed by atoms with E-state index in [0.717, 1.165) is 19.6 Å². The van der Waals surface area contributed by atoms with Crippen LogP contribution in [0.1, 0.15) is 30.5 Å². The fourth-order valence-corrected chi connectivity index (χ4v) is 6.38. The number of aryl methyl sites for hydroxylation is 2. The van der Waals surface area contributed by atoms with Crippen molar-refractivity contribution in [3.8, 4) is 0 Å². The molecule has 1 spiro atoms. The summed E-state index contributed by atoms with van der Waals surface area (Å²) in [6.45, 7) is 11.2. The van der Waals surface area contributed by atoms with Crippen LogP contribution in [0.4, 0.5) is 0 Å². The van der Waals surface area contributed by atoms with Crippen molar-refractivity contribution in [3.05, 3.63) is 34.9 Å². The molecule has 188 valence electrons. The number of carbonyl (C=O) groups is 2. The Morgan fingerprint density at radius 3 is 2.50 bits per heavy atom. The molecule has 3 aliphatic rings. The van der Waals surface area contributed by atoms with Gasteiger partial charge in [0.2, 0.25) is 15.9 Å². The predicted molar refractivity (Wildman–Crippen MR) is 129 cm³/mol. The van der Waals surface area contributed by atoms with Gasteiger partial charge in [0, 0.05) is 45.8 Å². The van der Waals surface area contributed by atoms with Crippen LogP contribution in [0.5, 0.6) is 0 Å². The quantitative estimate of drug-likeness (QED) is 0.643. The Bertz CT molecular complexity index is 1050. The molecule has 9 nitrogen and oxygen atoms in total. The third kappa shape index (κ3) is 4.60. The Labute approximate surface area is 202 Å². The predicted octanol–water partition coefficient (Wildman–Crippen LogP) is 0.503. The van der Waals surface area contributed by atoms with Crippen LogP contribution in [0, 0.1) is 19.8 Å². The molecule has 34 heavy (non-hydrogen) atoms. The van der Waals surface area contributed by atoms with Crippen LogP contribution in [0.3, 0.4) is 0 Å². The van der Waals surface area contributed by atoms with Crippen LogP contribution in [-0.4, -0.2) is 97.6 Å². The second-order valence-electron chi connectivity index (χ2n) is 9.95. The zero-order valence-electron chi connectivity index (χ0n) is 20.5. The zero-order chi connectivity index (χ0) is 24.7. The summed E-state index contributed by atoms with van der Waals surface area (Å²) in [6, 6.07) is 6.49. The molecular weight excluding hydrogens is 456 g/mol. The van der Waals surface area contributed by atoms with Gasteiger partial charge in [-0.25, -0.2) is 8.42 Å². The molecular formula is C24H36N4O5S. The lowest BCUT2D eigenvalue weighted by atomic mass is 9.87. The molecule has 10 heteroatoms. The highest BCUT2D eigenvalue weighted by Crippen LogP contribution is 2.37. The Balaban J connectivity index is 1.46. The van der Waals surface area contributed by atoms with Gasteiger partial charge >= 0.3 is 0 Å². The number of morpholine rings is 1. The number of rotatable bonds is 5. The summed E-state index contributed by atoms with van der Waals surface area (Å²) in [5.41, 5.74) is 2.32. The molecule has 3 saturated heterocycles. The van der Waals surface area contributed by atoms with Crippen LogP contribution in [-0.2, 0) is 30.9 Å². The molecule has 0 aliphatic carbocycles. The number of carbonyl (C=O) groups excluding carboxylic acids is 2. The Morgan fingerprint density at radius 2 is 1.88 bits per heavy atom. The van der Waals surface area contributed by atoms with E-state index >= 15 is 0 Å². The largest absolute Gasteiger partial charge is 0.361 e. The minimum Gasteiger partial charge on any atom is -0.361 e. The molecule has 0 bridgehead atoms. The van der Waals surface area contributed by atoms with Crippen molar-refractivity contribution in [2.45, 2.75) is 45.1 Å². The number of piperazine rings is 1. The van der Waals surface area contributed by atoms with Crippen LogP contribution in [0.15, 0.2) is 18.2 Å². The molecule has 3 aliphatic heterocycles. The zero-order valence-corrected chi connectivity index (χ0v) is 21.4. The number of benzene rings is 1. The first-order chi connectivity index (χ1) is 16.0.